The molecule has 1 aliphatic rings. The maximum Gasteiger partial charge on any atom is 0.303 e. The molecule has 1 saturated carbocycles. The number of aliphatic carboxylic acids is 1. The lowest BCUT2D eigenvalue weighted by Gasteiger charge is -2.33. The summed E-state index contributed by atoms with van der Waals surface area (Å²) in [5, 5.41) is 8.70. The van der Waals surface area contributed by atoms with Gasteiger partial charge < -0.3 is 10.1 Å². The average molecular weight is 244 g/mol. The van der Waals surface area contributed by atoms with Crippen molar-refractivity contribution in [3.05, 3.63) is 30.1 Å². The third-order valence-corrected chi connectivity index (χ3v) is 3.72. The molecule has 1 aromatic heterocycles. The van der Waals surface area contributed by atoms with E-state index in [9.17, 15) is 4.79 Å². The Morgan fingerprint density at radius 3 is 2.83 bits per heavy atom. The molecule has 4 heteroatoms. The standard InChI is InChI=1S/C14H16N2O2/c17-14(18)8-10-5-9(6-10)7-13-15-11-3-1-2-4-12(11)16-13/h1-4,9-10H,5-8H2,(H,15,16)(H,17,18). The number of nitrogens with zero attached hydrogens (tertiary/aromatic N) is 1. The molecule has 0 unspecified atom stereocenters. The summed E-state index contributed by atoms with van der Waals surface area (Å²) in [7, 11) is 0. The van der Waals surface area contributed by atoms with Crippen LogP contribution in [0.1, 0.15) is 25.1 Å². The topological polar surface area (TPSA) is 66.0 Å². The third kappa shape index (κ3) is 2.23. The van der Waals surface area contributed by atoms with Crippen LogP contribution in [-0.4, -0.2) is 21.0 Å². The highest BCUT2D eigenvalue weighted by molar-refractivity contribution is 5.74. The molecule has 0 radical (unpaired) electrons. The molecule has 0 aliphatic heterocycles. The predicted octanol–water partition coefficient (Wildman–Crippen LogP) is 2.61. The molecule has 0 bridgehead atoms. The van der Waals surface area contributed by atoms with Crippen molar-refractivity contribution in [3.8, 4) is 0 Å². The van der Waals surface area contributed by atoms with E-state index in [2.05, 4.69) is 9.97 Å². The summed E-state index contributed by atoms with van der Waals surface area (Å²) < 4.78 is 0. The fourth-order valence-corrected chi connectivity index (χ4v) is 2.83. The molecule has 1 fully saturated rings. The van der Waals surface area contributed by atoms with Gasteiger partial charge in [0.2, 0.25) is 0 Å². The van der Waals surface area contributed by atoms with Crippen molar-refractivity contribution < 1.29 is 9.90 Å². The van der Waals surface area contributed by atoms with E-state index < -0.39 is 5.97 Å². The lowest BCUT2D eigenvalue weighted by molar-refractivity contribution is -0.139. The van der Waals surface area contributed by atoms with Crippen LogP contribution in [0.25, 0.3) is 11.0 Å². The molecule has 0 amide bonds. The molecule has 4 nitrogen and oxygen atoms in total. The van der Waals surface area contributed by atoms with Crippen LogP contribution in [0, 0.1) is 11.8 Å². The Kier molecular flexibility index (Phi) is 2.78. The van der Waals surface area contributed by atoms with E-state index in [1.807, 2.05) is 24.3 Å². The van der Waals surface area contributed by atoms with Gasteiger partial charge in [-0.3, -0.25) is 4.79 Å². The molecule has 1 heterocycles. The van der Waals surface area contributed by atoms with E-state index >= 15 is 0 Å². The average Bonchev–Trinajstić information content (AvgIpc) is 2.67. The number of imidazole rings is 1. The summed E-state index contributed by atoms with van der Waals surface area (Å²) in [5.41, 5.74) is 2.09. The zero-order chi connectivity index (χ0) is 12.5. The summed E-state index contributed by atoms with van der Waals surface area (Å²) >= 11 is 0. The highest BCUT2D eigenvalue weighted by atomic mass is 16.4. The summed E-state index contributed by atoms with van der Waals surface area (Å²) in [5.74, 6) is 1.31. The molecule has 94 valence electrons. The molecular formula is C14H16N2O2. The number of aromatic nitrogens is 2. The molecule has 0 atom stereocenters. The number of hydrogen-bond donors (Lipinski definition) is 2. The minimum absolute atomic E-state index is 0.316. The van der Waals surface area contributed by atoms with Crippen molar-refractivity contribution in [2.45, 2.75) is 25.7 Å². The Morgan fingerprint density at radius 1 is 1.33 bits per heavy atom. The van der Waals surface area contributed by atoms with Gasteiger partial charge in [0.25, 0.3) is 0 Å². The second-order valence-corrected chi connectivity index (χ2v) is 5.21. The maximum absolute atomic E-state index is 10.6. The first-order valence-electron chi connectivity index (χ1n) is 6.36. The lowest BCUT2D eigenvalue weighted by atomic mass is 9.72. The van der Waals surface area contributed by atoms with Gasteiger partial charge >= 0.3 is 5.97 Å². The van der Waals surface area contributed by atoms with Gasteiger partial charge in [0.15, 0.2) is 0 Å². The van der Waals surface area contributed by atoms with E-state index in [0.717, 1.165) is 36.1 Å². The Morgan fingerprint density at radius 2 is 2.11 bits per heavy atom. The highest BCUT2D eigenvalue weighted by Crippen LogP contribution is 2.37. The Balaban J connectivity index is 1.59. The highest BCUT2D eigenvalue weighted by Gasteiger charge is 2.31. The zero-order valence-electron chi connectivity index (χ0n) is 10.1. The number of H-pyrrole nitrogens is 1. The summed E-state index contributed by atoms with van der Waals surface area (Å²) in [6, 6.07) is 8.01. The Hall–Kier alpha value is -1.84. The van der Waals surface area contributed by atoms with E-state index in [1.165, 1.54) is 0 Å². The molecule has 2 N–H and O–H groups in total. The Labute approximate surface area is 105 Å². The number of carboxylic acid groups (broad SMARTS) is 1. The van der Waals surface area contributed by atoms with Crippen LogP contribution in [0.3, 0.4) is 0 Å². The van der Waals surface area contributed by atoms with Gasteiger partial charge in [0.1, 0.15) is 5.82 Å². The van der Waals surface area contributed by atoms with Crippen LogP contribution in [0.5, 0.6) is 0 Å². The second-order valence-electron chi connectivity index (χ2n) is 5.21. The number of carboxylic acids is 1. The lowest BCUT2D eigenvalue weighted by Crippen LogP contribution is -2.27. The van der Waals surface area contributed by atoms with Crippen molar-refractivity contribution in [3.63, 3.8) is 0 Å². The van der Waals surface area contributed by atoms with Gasteiger partial charge in [-0.05, 0) is 36.8 Å². The summed E-state index contributed by atoms with van der Waals surface area (Å²) in [4.78, 5) is 18.4. The van der Waals surface area contributed by atoms with E-state index in [1.54, 1.807) is 0 Å². The molecule has 0 saturated heterocycles. The second kappa shape index (κ2) is 4.44. The number of para-hydroxylation sites is 2. The minimum Gasteiger partial charge on any atom is -0.481 e. The maximum atomic E-state index is 10.6. The van der Waals surface area contributed by atoms with Crippen LogP contribution in [0.15, 0.2) is 24.3 Å². The van der Waals surface area contributed by atoms with E-state index in [4.69, 9.17) is 5.11 Å². The van der Waals surface area contributed by atoms with Gasteiger partial charge in [0, 0.05) is 12.8 Å². The van der Waals surface area contributed by atoms with Gasteiger partial charge in [-0.2, -0.15) is 0 Å². The largest absolute Gasteiger partial charge is 0.481 e. The molecule has 2 aromatic rings. The van der Waals surface area contributed by atoms with E-state index in [-0.39, 0.29) is 0 Å². The smallest absolute Gasteiger partial charge is 0.303 e. The summed E-state index contributed by atoms with van der Waals surface area (Å²) in [6.07, 6.45) is 3.29. The Bertz CT molecular complexity index is 537. The van der Waals surface area contributed by atoms with Crippen molar-refractivity contribution in [2.24, 2.45) is 11.8 Å². The third-order valence-electron chi connectivity index (χ3n) is 3.72. The van der Waals surface area contributed by atoms with Gasteiger partial charge in [-0.25, -0.2) is 4.98 Å². The molecular weight excluding hydrogens is 228 g/mol. The first-order chi connectivity index (χ1) is 8.70. The molecule has 0 spiro atoms. The van der Waals surface area contributed by atoms with Gasteiger partial charge in [-0.1, -0.05) is 12.1 Å². The van der Waals surface area contributed by atoms with E-state index in [0.29, 0.717) is 18.3 Å². The fourth-order valence-electron chi connectivity index (χ4n) is 2.83. The van der Waals surface area contributed by atoms with Crippen molar-refractivity contribution in [2.75, 3.05) is 0 Å². The molecule has 18 heavy (non-hydrogen) atoms. The normalized spacial score (nSPS) is 22.9. The van der Waals surface area contributed by atoms with Crippen LogP contribution < -0.4 is 0 Å². The monoisotopic (exact) mass is 244 g/mol. The number of carbonyl (C=O) groups is 1. The SMILES string of the molecule is O=C(O)CC1CC(Cc2nc3ccccc3[nH]2)C1. The summed E-state index contributed by atoms with van der Waals surface area (Å²) in [6.45, 7) is 0. The quantitative estimate of drug-likeness (QED) is 0.868. The number of aromatic amines is 1. The number of rotatable bonds is 4. The number of nitrogens with one attached hydrogen (secondary N) is 1. The van der Waals surface area contributed by atoms with Crippen LogP contribution >= 0.6 is 0 Å². The first-order valence-corrected chi connectivity index (χ1v) is 6.36. The number of benzene rings is 1. The van der Waals surface area contributed by atoms with Gasteiger partial charge in [0.05, 0.1) is 11.0 Å². The van der Waals surface area contributed by atoms with Crippen LogP contribution in [0.2, 0.25) is 0 Å². The number of fused-ring (bicyclic) bond motifs is 1. The molecule has 1 aromatic carbocycles. The number of hydrogen-bond acceptors (Lipinski definition) is 2. The van der Waals surface area contributed by atoms with Gasteiger partial charge in [-0.15, -0.1) is 0 Å². The zero-order valence-corrected chi connectivity index (χ0v) is 10.1. The van der Waals surface area contributed by atoms with Crippen LogP contribution in [-0.2, 0) is 11.2 Å². The fraction of sp³-hybridized carbons (Fsp3) is 0.429. The first kappa shape index (κ1) is 11.3. The molecule has 3 rings (SSSR count). The van der Waals surface area contributed by atoms with Crippen molar-refractivity contribution in [1.82, 2.24) is 9.97 Å². The molecule has 1 aliphatic carbocycles. The van der Waals surface area contributed by atoms with Crippen molar-refractivity contribution >= 4 is 17.0 Å². The van der Waals surface area contributed by atoms with Crippen molar-refractivity contribution in [1.29, 1.82) is 0 Å². The minimum atomic E-state index is -0.679. The predicted molar refractivity (Wildman–Crippen MR) is 68.3 cm³/mol. The van der Waals surface area contributed by atoms with Crippen LogP contribution in [0.4, 0.5) is 0 Å².